The van der Waals surface area contributed by atoms with E-state index >= 15 is 0 Å². The summed E-state index contributed by atoms with van der Waals surface area (Å²) in [5.41, 5.74) is 1.53. The van der Waals surface area contributed by atoms with E-state index in [1.807, 2.05) is 17.5 Å². The molecule has 1 amide bonds. The zero-order valence-electron chi connectivity index (χ0n) is 12.2. The number of carboxylic acid groups (broad SMARTS) is 1. The van der Waals surface area contributed by atoms with E-state index in [9.17, 15) is 14.7 Å². The Bertz CT molecular complexity index is 704. The van der Waals surface area contributed by atoms with Crippen molar-refractivity contribution < 1.29 is 19.4 Å². The second kappa shape index (κ2) is 6.84. The van der Waals surface area contributed by atoms with Gasteiger partial charge in [0.25, 0.3) is 0 Å². The van der Waals surface area contributed by atoms with Gasteiger partial charge in [0.15, 0.2) is 6.04 Å². The lowest BCUT2D eigenvalue weighted by Gasteiger charge is -2.32. The van der Waals surface area contributed by atoms with Gasteiger partial charge in [-0.25, -0.2) is 9.78 Å². The highest BCUT2D eigenvalue weighted by molar-refractivity contribution is 7.13. The first-order valence-electron chi connectivity index (χ1n) is 7.10. The lowest BCUT2D eigenvalue weighted by Crippen LogP contribution is -2.53. The molecule has 3 rings (SSSR count). The molecule has 0 aromatic carbocycles. The minimum atomic E-state index is -1.05. The lowest BCUT2D eigenvalue weighted by atomic mass is 10.2. The van der Waals surface area contributed by atoms with Crippen molar-refractivity contribution in [3.05, 3.63) is 35.6 Å². The molecule has 7 nitrogen and oxygen atoms in total. The molecule has 0 saturated carbocycles. The van der Waals surface area contributed by atoms with Crippen molar-refractivity contribution in [2.45, 2.75) is 12.5 Å². The topological polar surface area (TPSA) is 92.6 Å². The largest absolute Gasteiger partial charge is 0.480 e. The van der Waals surface area contributed by atoms with E-state index < -0.39 is 12.0 Å². The van der Waals surface area contributed by atoms with Crippen molar-refractivity contribution in [1.82, 2.24) is 14.9 Å². The van der Waals surface area contributed by atoms with Gasteiger partial charge in [-0.1, -0.05) is 0 Å². The van der Waals surface area contributed by atoms with Crippen LogP contribution in [-0.2, 0) is 20.7 Å². The third-order valence-corrected chi connectivity index (χ3v) is 4.47. The number of carbonyl (C=O) groups is 2. The first-order chi connectivity index (χ1) is 11.1. The molecule has 1 aliphatic rings. The molecule has 1 atom stereocenters. The summed E-state index contributed by atoms with van der Waals surface area (Å²) in [6, 6.07) is 2.81. The number of aromatic nitrogens is 2. The summed E-state index contributed by atoms with van der Waals surface area (Å²) >= 11 is 1.44. The number of aliphatic carboxylic acids is 1. The van der Waals surface area contributed by atoms with Gasteiger partial charge in [-0.3, -0.25) is 9.78 Å². The average molecular weight is 333 g/mol. The van der Waals surface area contributed by atoms with Crippen LogP contribution in [0.25, 0.3) is 10.6 Å². The maximum Gasteiger partial charge on any atom is 0.328 e. The molecule has 0 spiro atoms. The van der Waals surface area contributed by atoms with E-state index in [0.29, 0.717) is 12.3 Å². The van der Waals surface area contributed by atoms with Crippen LogP contribution in [-0.4, -0.2) is 57.7 Å². The Morgan fingerprint density at radius 3 is 3.09 bits per heavy atom. The smallest absolute Gasteiger partial charge is 0.328 e. The minimum Gasteiger partial charge on any atom is -0.480 e. The van der Waals surface area contributed by atoms with Crippen molar-refractivity contribution in [2.75, 3.05) is 19.8 Å². The van der Waals surface area contributed by atoms with Gasteiger partial charge in [-0.2, -0.15) is 0 Å². The summed E-state index contributed by atoms with van der Waals surface area (Å²) < 4.78 is 5.14. The van der Waals surface area contributed by atoms with Crippen LogP contribution in [0.3, 0.4) is 0 Å². The zero-order valence-corrected chi connectivity index (χ0v) is 13.0. The maximum absolute atomic E-state index is 12.4. The minimum absolute atomic E-state index is 0.0269. The van der Waals surface area contributed by atoms with E-state index in [4.69, 9.17) is 4.74 Å². The molecule has 1 saturated heterocycles. The number of morpholine rings is 1. The molecular weight excluding hydrogens is 318 g/mol. The number of carbonyl (C=O) groups excluding carboxylic acids is 1. The number of pyridine rings is 1. The van der Waals surface area contributed by atoms with E-state index in [1.54, 1.807) is 12.4 Å². The monoisotopic (exact) mass is 333 g/mol. The van der Waals surface area contributed by atoms with Gasteiger partial charge in [-0.15, -0.1) is 11.3 Å². The molecule has 120 valence electrons. The predicted molar refractivity (Wildman–Crippen MR) is 83.0 cm³/mol. The molecule has 1 fully saturated rings. The Morgan fingerprint density at radius 1 is 1.48 bits per heavy atom. The second-order valence-corrected chi connectivity index (χ2v) is 5.94. The fourth-order valence-electron chi connectivity index (χ4n) is 2.37. The molecule has 2 aromatic rings. The average Bonchev–Trinajstić information content (AvgIpc) is 3.04. The van der Waals surface area contributed by atoms with Crippen LogP contribution in [0.1, 0.15) is 5.69 Å². The number of carboxylic acids is 1. The standard InChI is InChI=1S/C15H15N3O4S/c19-13(18-4-5-22-8-12(18)15(20)21)6-11-9-23-14(17-11)10-2-1-3-16-7-10/h1-3,7,9,12H,4-6,8H2,(H,20,21). The Labute approximate surface area is 136 Å². The Morgan fingerprint density at radius 2 is 2.35 bits per heavy atom. The van der Waals surface area contributed by atoms with Crippen LogP contribution in [0.5, 0.6) is 0 Å². The van der Waals surface area contributed by atoms with Crippen molar-refractivity contribution >= 4 is 23.2 Å². The number of ether oxygens (including phenoxy) is 1. The summed E-state index contributed by atoms with van der Waals surface area (Å²) in [6.07, 6.45) is 3.49. The molecule has 1 unspecified atom stereocenters. The predicted octanol–water partition coefficient (Wildman–Crippen LogP) is 1.06. The van der Waals surface area contributed by atoms with Crippen molar-refractivity contribution in [3.63, 3.8) is 0 Å². The number of hydrogen-bond acceptors (Lipinski definition) is 6. The van der Waals surface area contributed by atoms with Gasteiger partial charge in [0, 0.05) is 29.9 Å². The molecule has 2 aromatic heterocycles. The third-order valence-electron chi connectivity index (χ3n) is 3.53. The van der Waals surface area contributed by atoms with Gasteiger partial charge in [-0.05, 0) is 12.1 Å². The summed E-state index contributed by atoms with van der Waals surface area (Å²) in [4.78, 5) is 33.4. The van der Waals surface area contributed by atoms with Gasteiger partial charge >= 0.3 is 5.97 Å². The second-order valence-electron chi connectivity index (χ2n) is 5.08. The number of rotatable bonds is 4. The van der Waals surface area contributed by atoms with E-state index in [2.05, 4.69) is 9.97 Å². The van der Waals surface area contributed by atoms with Crippen LogP contribution < -0.4 is 0 Å². The first kappa shape index (κ1) is 15.6. The maximum atomic E-state index is 12.4. The molecular formula is C15H15N3O4S. The summed E-state index contributed by atoms with van der Waals surface area (Å²) in [5.74, 6) is -1.30. The zero-order chi connectivity index (χ0) is 16.2. The van der Waals surface area contributed by atoms with Crippen molar-refractivity contribution in [1.29, 1.82) is 0 Å². The summed E-state index contributed by atoms with van der Waals surface area (Å²) in [6.45, 7) is 0.669. The van der Waals surface area contributed by atoms with Gasteiger partial charge < -0.3 is 14.7 Å². The summed E-state index contributed by atoms with van der Waals surface area (Å²) in [5, 5.41) is 11.8. The van der Waals surface area contributed by atoms with Crippen LogP contribution in [0.15, 0.2) is 29.9 Å². The van der Waals surface area contributed by atoms with Crippen LogP contribution in [0, 0.1) is 0 Å². The highest BCUT2D eigenvalue weighted by Crippen LogP contribution is 2.23. The summed E-state index contributed by atoms with van der Waals surface area (Å²) in [7, 11) is 0. The van der Waals surface area contributed by atoms with Gasteiger partial charge in [0.2, 0.25) is 5.91 Å². The van der Waals surface area contributed by atoms with Crippen LogP contribution in [0.4, 0.5) is 0 Å². The molecule has 0 radical (unpaired) electrons. The Kier molecular flexibility index (Phi) is 4.63. The molecule has 23 heavy (non-hydrogen) atoms. The molecule has 3 heterocycles. The number of thiazole rings is 1. The fourth-order valence-corrected chi connectivity index (χ4v) is 3.18. The number of nitrogens with zero attached hydrogens (tertiary/aromatic N) is 3. The first-order valence-corrected chi connectivity index (χ1v) is 7.98. The van der Waals surface area contributed by atoms with E-state index in [-0.39, 0.29) is 25.5 Å². The van der Waals surface area contributed by atoms with E-state index in [0.717, 1.165) is 10.6 Å². The number of amides is 1. The molecule has 8 heteroatoms. The SMILES string of the molecule is O=C(O)C1COCCN1C(=O)Cc1csc(-c2cccnc2)n1. The number of hydrogen-bond donors (Lipinski definition) is 1. The normalized spacial score (nSPS) is 17.9. The quantitative estimate of drug-likeness (QED) is 0.899. The lowest BCUT2D eigenvalue weighted by molar-refractivity contribution is -0.158. The molecule has 0 bridgehead atoms. The molecule has 0 aliphatic carbocycles. The third kappa shape index (κ3) is 3.54. The highest BCUT2D eigenvalue weighted by atomic mass is 32.1. The van der Waals surface area contributed by atoms with Crippen LogP contribution in [0.2, 0.25) is 0 Å². The van der Waals surface area contributed by atoms with Crippen LogP contribution >= 0.6 is 11.3 Å². The van der Waals surface area contributed by atoms with Gasteiger partial charge in [0.1, 0.15) is 5.01 Å². The van der Waals surface area contributed by atoms with Crippen molar-refractivity contribution in [2.24, 2.45) is 0 Å². The van der Waals surface area contributed by atoms with Gasteiger partial charge in [0.05, 0.1) is 25.3 Å². The van der Waals surface area contributed by atoms with Crippen molar-refractivity contribution in [3.8, 4) is 10.6 Å². The molecule has 1 aliphatic heterocycles. The fraction of sp³-hybridized carbons (Fsp3) is 0.333. The Balaban J connectivity index is 1.70. The van der Waals surface area contributed by atoms with E-state index in [1.165, 1.54) is 16.2 Å². The highest BCUT2D eigenvalue weighted by Gasteiger charge is 2.32. The Hall–Kier alpha value is -2.32. The molecule has 1 N–H and O–H groups in total.